The molecule has 0 aliphatic heterocycles. The number of rotatable bonds is 8. The second kappa shape index (κ2) is 11.0. The number of thioether (sulfide) groups is 1. The van der Waals surface area contributed by atoms with Crippen molar-refractivity contribution in [1.82, 2.24) is 9.88 Å². The smallest absolute Gasteiger partial charge is 0.259 e. The van der Waals surface area contributed by atoms with Crippen molar-refractivity contribution in [1.29, 1.82) is 5.26 Å². The van der Waals surface area contributed by atoms with E-state index in [2.05, 4.69) is 10.3 Å². The zero-order chi connectivity index (χ0) is 23.8. The van der Waals surface area contributed by atoms with E-state index in [4.69, 9.17) is 10.5 Å². The van der Waals surface area contributed by atoms with Gasteiger partial charge in [0.1, 0.15) is 22.7 Å². The summed E-state index contributed by atoms with van der Waals surface area (Å²) < 4.78 is 5.33. The molecule has 0 radical (unpaired) electrons. The summed E-state index contributed by atoms with van der Waals surface area (Å²) in [5.41, 5.74) is 7.75. The average Bonchev–Trinajstić information content (AvgIpc) is 2.83. The first-order valence-electron chi connectivity index (χ1n) is 9.98. The number of nitrogens with one attached hydrogen (secondary N) is 1. The van der Waals surface area contributed by atoms with Crippen LogP contribution in [0.1, 0.15) is 21.5 Å². The Kier molecular flexibility index (Phi) is 7.89. The van der Waals surface area contributed by atoms with Gasteiger partial charge in [0.15, 0.2) is 0 Å². The molecule has 0 fully saturated rings. The van der Waals surface area contributed by atoms with Crippen LogP contribution in [0.3, 0.4) is 0 Å². The first-order valence-corrected chi connectivity index (χ1v) is 11.0. The van der Waals surface area contributed by atoms with Crippen LogP contribution in [0.25, 0.3) is 0 Å². The molecule has 0 spiro atoms. The number of nitriles is 1. The summed E-state index contributed by atoms with van der Waals surface area (Å²) in [7, 11) is 3.28. The van der Waals surface area contributed by atoms with Gasteiger partial charge in [-0.1, -0.05) is 48.2 Å². The van der Waals surface area contributed by atoms with Crippen LogP contribution >= 0.6 is 11.8 Å². The van der Waals surface area contributed by atoms with Gasteiger partial charge in [0.05, 0.1) is 24.0 Å². The maximum Gasteiger partial charge on any atom is 0.259 e. The molecule has 1 heterocycles. The Labute approximate surface area is 196 Å². The number of nitrogens with zero attached hydrogens (tertiary/aromatic N) is 3. The molecule has 8 nitrogen and oxygen atoms in total. The van der Waals surface area contributed by atoms with E-state index in [1.165, 1.54) is 6.07 Å². The number of pyridine rings is 1. The number of ether oxygens (including phenoxy) is 1. The molecule has 0 aliphatic carbocycles. The Hall–Kier alpha value is -4.03. The summed E-state index contributed by atoms with van der Waals surface area (Å²) in [5, 5.41) is 12.6. The fraction of sp³-hybridized carbons (Fsp3) is 0.167. The molecule has 0 atom stereocenters. The zero-order valence-corrected chi connectivity index (χ0v) is 19.1. The van der Waals surface area contributed by atoms with Crippen molar-refractivity contribution in [2.45, 2.75) is 11.6 Å². The highest BCUT2D eigenvalue weighted by atomic mass is 32.2. The molecule has 3 rings (SSSR count). The van der Waals surface area contributed by atoms with E-state index >= 15 is 0 Å². The van der Waals surface area contributed by atoms with Gasteiger partial charge in [-0.05, 0) is 24.3 Å². The lowest BCUT2D eigenvalue weighted by atomic mass is 10.2. The van der Waals surface area contributed by atoms with Crippen LogP contribution in [0.15, 0.2) is 65.7 Å². The van der Waals surface area contributed by atoms with E-state index in [1.807, 2.05) is 36.4 Å². The van der Waals surface area contributed by atoms with Gasteiger partial charge in [-0.3, -0.25) is 9.59 Å². The number of carbonyl (C=O) groups is 2. The molecule has 3 aromatic rings. The van der Waals surface area contributed by atoms with Gasteiger partial charge in [0, 0.05) is 24.8 Å². The molecular weight excluding hydrogens is 438 g/mol. The molecule has 9 heteroatoms. The van der Waals surface area contributed by atoms with Crippen LogP contribution in [-0.4, -0.2) is 41.6 Å². The minimum Gasteiger partial charge on any atom is -0.496 e. The molecule has 168 valence electrons. The van der Waals surface area contributed by atoms with E-state index in [0.717, 1.165) is 17.3 Å². The van der Waals surface area contributed by atoms with Crippen LogP contribution in [-0.2, 0) is 11.3 Å². The summed E-state index contributed by atoms with van der Waals surface area (Å²) in [6.45, 7) is 0.378. The van der Waals surface area contributed by atoms with Crippen molar-refractivity contribution in [3.05, 3.63) is 77.4 Å². The number of carbonyl (C=O) groups excluding carboxylic acids is 2. The van der Waals surface area contributed by atoms with Crippen molar-refractivity contribution in [2.24, 2.45) is 0 Å². The molecular formula is C24H23N5O3S. The topological polar surface area (TPSA) is 121 Å². The van der Waals surface area contributed by atoms with E-state index in [9.17, 15) is 14.9 Å². The van der Waals surface area contributed by atoms with Crippen molar-refractivity contribution < 1.29 is 14.3 Å². The van der Waals surface area contributed by atoms with Gasteiger partial charge in [0.2, 0.25) is 5.91 Å². The van der Waals surface area contributed by atoms with Gasteiger partial charge in [0.25, 0.3) is 5.91 Å². The first-order chi connectivity index (χ1) is 15.9. The molecule has 0 unspecified atom stereocenters. The molecule has 1 aromatic heterocycles. The number of methoxy groups -OCH3 is 1. The second-order valence-corrected chi connectivity index (χ2v) is 8.02. The van der Waals surface area contributed by atoms with E-state index < -0.39 is 5.91 Å². The van der Waals surface area contributed by atoms with Crippen LogP contribution in [0.4, 0.5) is 11.5 Å². The van der Waals surface area contributed by atoms with Crippen molar-refractivity contribution >= 4 is 35.1 Å². The third kappa shape index (κ3) is 6.02. The standard InChI is InChI=1S/C24H23N5O3S/c1-29(14-16-8-6-7-11-20(16)32-2)21(30)15-33-24-17(13-25)12-19(22(26)28-24)23(31)27-18-9-4-3-5-10-18/h3-12H,14-15H2,1-2H3,(H2,26,28)(H,27,31). The maximum absolute atomic E-state index is 12.6. The largest absolute Gasteiger partial charge is 0.496 e. The summed E-state index contributed by atoms with van der Waals surface area (Å²) in [6, 6.07) is 19.8. The molecule has 2 aromatic carbocycles. The van der Waals surface area contributed by atoms with Gasteiger partial charge in [-0.2, -0.15) is 5.26 Å². The predicted molar refractivity (Wildman–Crippen MR) is 128 cm³/mol. The molecule has 33 heavy (non-hydrogen) atoms. The summed E-state index contributed by atoms with van der Waals surface area (Å²) in [4.78, 5) is 31.0. The minimum absolute atomic E-state index is 0.0141. The average molecular weight is 462 g/mol. The Morgan fingerprint density at radius 1 is 1.18 bits per heavy atom. The Morgan fingerprint density at radius 3 is 2.58 bits per heavy atom. The minimum atomic E-state index is -0.466. The molecule has 0 bridgehead atoms. The normalized spacial score (nSPS) is 10.2. The predicted octanol–water partition coefficient (Wildman–Crippen LogP) is 3.55. The van der Waals surface area contributed by atoms with E-state index in [0.29, 0.717) is 23.0 Å². The zero-order valence-electron chi connectivity index (χ0n) is 18.2. The molecule has 0 saturated carbocycles. The van der Waals surface area contributed by atoms with Crippen LogP contribution in [0.5, 0.6) is 5.75 Å². The lowest BCUT2D eigenvalue weighted by molar-refractivity contribution is -0.127. The quantitative estimate of drug-likeness (QED) is 0.492. The number of hydrogen-bond donors (Lipinski definition) is 2. The van der Waals surface area contributed by atoms with E-state index in [-0.39, 0.29) is 28.6 Å². The number of nitrogens with two attached hydrogens (primary N) is 1. The molecule has 2 amide bonds. The molecule has 3 N–H and O–H groups in total. The van der Waals surface area contributed by atoms with Crippen molar-refractivity contribution in [3.8, 4) is 11.8 Å². The first kappa shape index (κ1) is 23.6. The monoisotopic (exact) mass is 461 g/mol. The maximum atomic E-state index is 12.6. The Balaban J connectivity index is 1.68. The Morgan fingerprint density at radius 2 is 1.88 bits per heavy atom. The third-order valence-electron chi connectivity index (χ3n) is 4.77. The number of benzene rings is 2. The summed E-state index contributed by atoms with van der Waals surface area (Å²) in [6.07, 6.45) is 0. The summed E-state index contributed by atoms with van der Waals surface area (Å²) >= 11 is 1.10. The van der Waals surface area contributed by atoms with Crippen LogP contribution < -0.4 is 15.8 Å². The number of anilines is 2. The lowest BCUT2D eigenvalue weighted by Crippen LogP contribution is -2.28. The van der Waals surface area contributed by atoms with Gasteiger partial charge >= 0.3 is 0 Å². The van der Waals surface area contributed by atoms with Gasteiger partial charge < -0.3 is 20.7 Å². The fourth-order valence-corrected chi connectivity index (χ4v) is 3.92. The fourth-order valence-electron chi connectivity index (χ4n) is 3.02. The number of para-hydroxylation sites is 2. The molecule has 0 aliphatic rings. The van der Waals surface area contributed by atoms with Crippen molar-refractivity contribution in [3.63, 3.8) is 0 Å². The highest BCUT2D eigenvalue weighted by Crippen LogP contribution is 2.26. The number of hydrogen-bond acceptors (Lipinski definition) is 7. The SMILES string of the molecule is COc1ccccc1CN(C)C(=O)CSc1nc(N)c(C(=O)Nc2ccccc2)cc1C#N. The number of nitrogen functional groups attached to an aromatic ring is 1. The second-order valence-electron chi connectivity index (χ2n) is 7.06. The third-order valence-corrected chi connectivity index (χ3v) is 5.75. The highest BCUT2D eigenvalue weighted by Gasteiger charge is 2.18. The molecule has 0 saturated heterocycles. The number of amides is 2. The van der Waals surface area contributed by atoms with Gasteiger partial charge in [-0.15, -0.1) is 0 Å². The lowest BCUT2D eigenvalue weighted by Gasteiger charge is -2.19. The van der Waals surface area contributed by atoms with E-state index in [1.54, 1.807) is 43.3 Å². The van der Waals surface area contributed by atoms with Crippen molar-refractivity contribution in [2.75, 3.05) is 31.0 Å². The van der Waals surface area contributed by atoms with Crippen LogP contribution in [0, 0.1) is 11.3 Å². The summed E-state index contributed by atoms with van der Waals surface area (Å²) in [5.74, 6) is 0.130. The van der Waals surface area contributed by atoms with Crippen LogP contribution in [0.2, 0.25) is 0 Å². The Bertz CT molecular complexity index is 1190. The highest BCUT2D eigenvalue weighted by molar-refractivity contribution is 8.00. The number of aromatic nitrogens is 1. The van der Waals surface area contributed by atoms with Gasteiger partial charge in [-0.25, -0.2) is 4.98 Å².